The number of nitrogens with zero attached hydrogens (tertiary/aromatic N) is 1. The fourth-order valence-corrected chi connectivity index (χ4v) is 1.82. The summed E-state index contributed by atoms with van der Waals surface area (Å²) in [6.07, 6.45) is 2.69. The van der Waals surface area contributed by atoms with Gasteiger partial charge in [0.1, 0.15) is 5.82 Å². The Labute approximate surface area is 112 Å². The number of hydrogen-bond acceptors (Lipinski definition) is 3. The van der Waals surface area contributed by atoms with Gasteiger partial charge in [-0.25, -0.2) is 4.98 Å². The lowest BCUT2D eigenvalue weighted by Crippen LogP contribution is -2.14. The maximum Gasteiger partial charge on any atom is 0.225 e. The minimum Gasteiger partial charge on any atom is -0.399 e. The normalized spacial score (nSPS) is 10.2. The standard InChI is InChI=1S/C15H17N3O/c1-11-5-4-10-17-15(11)18-14(19)9-8-12-6-2-3-7-13(12)16/h2-7,10H,8-9,16H2,1H3,(H,17,18,19). The molecule has 98 valence electrons. The number of aromatic nitrogens is 1. The van der Waals surface area contributed by atoms with Crippen LogP contribution in [-0.4, -0.2) is 10.9 Å². The lowest BCUT2D eigenvalue weighted by atomic mass is 10.1. The molecule has 0 aliphatic rings. The molecule has 1 amide bonds. The first-order chi connectivity index (χ1) is 9.16. The van der Waals surface area contributed by atoms with E-state index in [0.29, 0.717) is 18.7 Å². The maximum atomic E-state index is 11.9. The molecule has 0 saturated carbocycles. The molecule has 3 N–H and O–H groups in total. The molecule has 0 radical (unpaired) electrons. The van der Waals surface area contributed by atoms with Gasteiger partial charge in [-0.3, -0.25) is 4.79 Å². The summed E-state index contributed by atoms with van der Waals surface area (Å²) in [7, 11) is 0. The summed E-state index contributed by atoms with van der Waals surface area (Å²) in [6, 6.07) is 11.3. The monoisotopic (exact) mass is 255 g/mol. The fraction of sp³-hybridized carbons (Fsp3) is 0.200. The smallest absolute Gasteiger partial charge is 0.225 e. The van der Waals surface area contributed by atoms with Gasteiger partial charge < -0.3 is 11.1 Å². The van der Waals surface area contributed by atoms with Crippen LogP contribution in [0.4, 0.5) is 11.5 Å². The van der Waals surface area contributed by atoms with Crippen LogP contribution in [0.1, 0.15) is 17.5 Å². The van der Waals surface area contributed by atoms with Crippen molar-refractivity contribution in [3.05, 3.63) is 53.7 Å². The van der Waals surface area contributed by atoms with Crippen LogP contribution >= 0.6 is 0 Å². The number of anilines is 2. The number of aryl methyl sites for hydroxylation is 2. The zero-order valence-electron chi connectivity index (χ0n) is 10.9. The number of benzene rings is 1. The van der Waals surface area contributed by atoms with Crippen molar-refractivity contribution in [3.8, 4) is 0 Å². The van der Waals surface area contributed by atoms with Crippen LogP contribution in [-0.2, 0) is 11.2 Å². The highest BCUT2D eigenvalue weighted by Crippen LogP contribution is 2.14. The molecule has 1 aromatic heterocycles. The minimum atomic E-state index is -0.0509. The van der Waals surface area contributed by atoms with Crippen molar-refractivity contribution in [2.45, 2.75) is 19.8 Å². The van der Waals surface area contributed by atoms with Gasteiger partial charge in [0.25, 0.3) is 0 Å². The second-order valence-corrected chi connectivity index (χ2v) is 4.42. The van der Waals surface area contributed by atoms with E-state index in [1.165, 1.54) is 0 Å². The van der Waals surface area contributed by atoms with Gasteiger partial charge >= 0.3 is 0 Å². The molecule has 0 spiro atoms. The van der Waals surface area contributed by atoms with Gasteiger partial charge in [-0.2, -0.15) is 0 Å². The number of hydrogen-bond donors (Lipinski definition) is 2. The van der Waals surface area contributed by atoms with Gasteiger partial charge in [0.2, 0.25) is 5.91 Å². The first kappa shape index (κ1) is 13.1. The molecule has 0 saturated heterocycles. The van der Waals surface area contributed by atoms with Crippen LogP contribution in [0.15, 0.2) is 42.6 Å². The topological polar surface area (TPSA) is 68.0 Å². The molecule has 0 atom stereocenters. The van der Waals surface area contributed by atoms with Gasteiger partial charge in [-0.15, -0.1) is 0 Å². The summed E-state index contributed by atoms with van der Waals surface area (Å²) in [4.78, 5) is 16.0. The molecular formula is C15H17N3O. The van der Waals surface area contributed by atoms with Gasteiger partial charge in [-0.05, 0) is 36.6 Å². The molecule has 0 unspecified atom stereocenters. The third-order valence-electron chi connectivity index (χ3n) is 2.94. The van der Waals surface area contributed by atoms with Crippen LogP contribution in [0.2, 0.25) is 0 Å². The molecule has 2 aromatic rings. The number of pyridine rings is 1. The quantitative estimate of drug-likeness (QED) is 0.825. The van der Waals surface area contributed by atoms with Crippen molar-refractivity contribution in [1.29, 1.82) is 0 Å². The average Bonchev–Trinajstić information content (AvgIpc) is 2.40. The van der Waals surface area contributed by atoms with E-state index in [1.54, 1.807) is 6.20 Å². The number of nitrogens with two attached hydrogens (primary N) is 1. The Morgan fingerprint density at radius 2 is 2.05 bits per heavy atom. The van der Waals surface area contributed by atoms with Gasteiger partial charge in [-0.1, -0.05) is 24.3 Å². The summed E-state index contributed by atoms with van der Waals surface area (Å²) < 4.78 is 0. The minimum absolute atomic E-state index is 0.0509. The van der Waals surface area contributed by atoms with E-state index in [-0.39, 0.29) is 5.91 Å². The molecule has 0 bridgehead atoms. The molecule has 0 aliphatic heterocycles. The van der Waals surface area contributed by atoms with Gasteiger partial charge in [0.15, 0.2) is 0 Å². The van der Waals surface area contributed by atoms with E-state index in [2.05, 4.69) is 10.3 Å². The maximum absolute atomic E-state index is 11.9. The Balaban J connectivity index is 1.92. The van der Waals surface area contributed by atoms with Crippen LogP contribution in [0.3, 0.4) is 0 Å². The molecule has 1 aromatic carbocycles. The second-order valence-electron chi connectivity index (χ2n) is 4.42. The van der Waals surface area contributed by atoms with E-state index >= 15 is 0 Å². The summed E-state index contributed by atoms with van der Waals surface area (Å²) >= 11 is 0. The lowest BCUT2D eigenvalue weighted by molar-refractivity contribution is -0.116. The molecular weight excluding hydrogens is 238 g/mol. The summed E-state index contributed by atoms with van der Waals surface area (Å²) in [5.74, 6) is 0.568. The van der Waals surface area contributed by atoms with Crippen LogP contribution in [0.5, 0.6) is 0 Å². The number of carbonyl (C=O) groups excluding carboxylic acids is 1. The van der Waals surface area contributed by atoms with E-state index in [1.807, 2.05) is 43.3 Å². The number of amides is 1. The average molecular weight is 255 g/mol. The number of para-hydroxylation sites is 1. The number of rotatable bonds is 4. The van der Waals surface area contributed by atoms with Crippen LogP contribution in [0, 0.1) is 6.92 Å². The Morgan fingerprint density at radius 3 is 2.79 bits per heavy atom. The number of carbonyl (C=O) groups is 1. The highest BCUT2D eigenvalue weighted by Gasteiger charge is 2.06. The Kier molecular flexibility index (Phi) is 4.13. The summed E-state index contributed by atoms with van der Waals surface area (Å²) in [5.41, 5.74) is 8.52. The molecule has 19 heavy (non-hydrogen) atoms. The summed E-state index contributed by atoms with van der Waals surface area (Å²) in [6.45, 7) is 1.91. The first-order valence-corrected chi connectivity index (χ1v) is 6.21. The number of nitrogens with one attached hydrogen (secondary N) is 1. The fourth-order valence-electron chi connectivity index (χ4n) is 1.82. The Bertz CT molecular complexity index is 581. The summed E-state index contributed by atoms with van der Waals surface area (Å²) in [5, 5.41) is 2.81. The second kappa shape index (κ2) is 6.00. The molecule has 0 aliphatic carbocycles. The third-order valence-corrected chi connectivity index (χ3v) is 2.94. The zero-order valence-corrected chi connectivity index (χ0v) is 10.9. The van der Waals surface area contributed by atoms with E-state index < -0.39 is 0 Å². The Hall–Kier alpha value is -2.36. The highest BCUT2D eigenvalue weighted by molar-refractivity contribution is 5.90. The van der Waals surface area contributed by atoms with E-state index in [9.17, 15) is 4.79 Å². The molecule has 2 rings (SSSR count). The molecule has 4 nitrogen and oxygen atoms in total. The van der Waals surface area contributed by atoms with Crippen LogP contribution in [0.25, 0.3) is 0 Å². The first-order valence-electron chi connectivity index (χ1n) is 6.21. The van der Waals surface area contributed by atoms with Crippen molar-refractivity contribution in [2.24, 2.45) is 0 Å². The zero-order chi connectivity index (χ0) is 13.7. The van der Waals surface area contributed by atoms with Crippen molar-refractivity contribution in [1.82, 2.24) is 4.98 Å². The Morgan fingerprint density at radius 1 is 1.26 bits per heavy atom. The lowest BCUT2D eigenvalue weighted by Gasteiger charge is -2.08. The molecule has 0 fully saturated rings. The highest BCUT2D eigenvalue weighted by atomic mass is 16.1. The van der Waals surface area contributed by atoms with Crippen molar-refractivity contribution in [3.63, 3.8) is 0 Å². The SMILES string of the molecule is Cc1cccnc1NC(=O)CCc1ccccc1N. The number of nitrogen functional groups attached to an aromatic ring is 1. The van der Waals surface area contributed by atoms with Crippen molar-refractivity contribution < 1.29 is 4.79 Å². The van der Waals surface area contributed by atoms with Crippen molar-refractivity contribution >= 4 is 17.4 Å². The molecule has 4 heteroatoms. The molecule has 1 heterocycles. The van der Waals surface area contributed by atoms with Crippen LogP contribution < -0.4 is 11.1 Å². The van der Waals surface area contributed by atoms with E-state index in [0.717, 1.165) is 16.8 Å². The van der Waals surface area contributed by atoms with Gasteiger partial charge in [0.05, 0.1) is 0 Å². The largest absolute Gasteiger partial charge is 0.399 e. The van der Waals surface area contributed by atoms with E-state index in [4.69, 9.17) is 5.73 Å². The van der Waals surface area contributed by atoms with Crippen molar-refractivity contribution in [2.75, 3.05) is 11.1 Å². The third kappa shape index (κ3) is 3.55. The predicted octanol–water partition coefficient (Wildman–Crippen LogP) is 2.54. The van der Waals surface area contributed by atoms with Gasteiger partial charge in [0, 0.05) is 18.3 Å². The predicted molar refractivity (Wildman–Crippen MR) is 76.8 cm³/mol.